The summed E-state index contributed by atoms with van der Waals surface area (Å²) in [7, 11) is 0. The standard InChI is InChI=1S/C44H62F2N6O4S/c1-6-7-8-12-15-38(50-31(2)53)43(56)49-22-21-48-40(54)19-23-57-30-41(55)52(28-33-18-20-47-26-33)42(44(3,4)5)39-24-34(36-25-35(45)16-17-37(36)46)29-51(39)27-32-13-10-9-11-14-32/h9-11,13-14,16-17,24-25,29,33,38,42,47H,6-8,12,15,18-23,26-28,30H2,1-5H3,(H,48,54)(H,49,56)(H,50,53)/t33?,38-,42-/m0/s1. The number of carbonyl (C=O) groups is 4. The van der Waals surface area contributed by atoms with Crippen LogP contribution in [-0.4, -0.2) is 83.4 Å². The van der Waals surface area contributed by atoms with Crippen LogP contribution in [0.25, 0.3) is 11.1 Å². The normalized spacial score (nSPS) is 15.2. The minimum Gasteiger partial charge on any atom is -0.354 e. The second-order valence-corrected chi connectivity index (χ2v) is 17.2. The van der Waals surface area contributed by atoms with E-state index >= 15 is 4.39 Å². The number of aromatic nitrogens is 1. The topological polar surface area (TPSA) is 125 Å². The van der Waals surface area contributed by atoms with Gasteiger partial charge in [-0.15, -0.1) is 0 Å². The van der Waals surface area contributed by atoms with Crippen LogP contribution in [0.2, 0.25) is 0 Å². The van der Waals surface area contributed by atoms with Gasteiger partial charge >= 0.3 is 0 Å². The molecule has 3 atom stereocenters. The van der Waals surface area contributed by atoms with Crippen LogP contribution in [0.5, 0.6) is 0 Å². The largest absolute Gasteiger partial charge is 0.354 e. The molecule has 0 aliphatic carbocycles. The van der Waals surface area contributed by atoms with Crippen molar-refractivity contribution in [3.63, 3.8) is 0 Å². The number of nitrogens with zero attached hydrogens (tertiary/aromatic N) is 2. The zero-order valence-corrected chi connectivity index (χ0v) is 35.1. The Hall–Kier alpha value is -4.23. The minimum absolute atomic E-state index is 0.0516. The lowest BCUT2D eigenvalue weighted by atomic mass is 9.82. The average Bonchev–Trinajstić information content (AvgIpc) is 3.83. The minimum atomic E-state index is -0.599. The molecule has 0 bridgehead atoms. The SMILES string of the molecule is CCCCCC[C@H](NC(C)=O)C(=O)NCCNC(=O)CCSCC(=O)N(CC1CCNC1)[C@@H](c1cc(-c2cc(F)ccc2F)cn1Cc1ccccc1)C(C)(C)C. The molecule has 57 heavy (non-hydrogen) atoms. The van der Waals surface area contributed by atoms with E-state index in [1.54, 1.807) is 0 Å². The van der Waals surface area contributed by atoms with Gasteiger partial charge in [-0.05, 0) is 67.1 Å². The fraction of sp³-hybridized carbons (Fsp3) is 0.545. The van der Waals surface area contributed by atoms with E-state index < -0.39 is 29.1 Å². The molecule has 3 aromatic rings. The Labute approximate surface area is 341 Å². The second-order valence-electron chi connectivity index (χ2n) is 16.1. The predicted molar refractivity (Wildman–Crippen MR) is 225 cm³/mol. The van der Waals surface area contributed by atoms with Crippen molar-refractivity contribution in [3.05, 3.63) is 83.7 Å². The number of benzene rings is 2. The van der Waals surface area contributed by atoms with Gasteiger partial charge in [0.2, 0.25) is 23.6 Å². The van der Waals surface area contributed by atoms with Crippen LogP contribution in [0.1, 0.15) is 96.9 Å². The van der Waals surface area contributed by atoms with Gasteiger partial charge in [-0.3, -0.25) is 19.2 Å². The quantitative estimate of drug-likeness (QED) is 0.0826. The van der Waals surface area contributed by atoms with Gasteiger partial charge in [0.15, 0.2) is 0 Å². The summed E-state index contributed by atoms with van der Waals surface area (Å²) in [6.07, 6.45) is 7.56. The van der Waals surface area contributed by atoms with E-state index in [0.29, 0.717) is 30.8 Å². The highest BCUT2D eigenvalue weighted by Gasteiger charge is 2.38. The van der Waals surface area contributed by atoms with Gasteiger partial charge in [-0.2, -0.15) is 11.8 Å². The van der Waals surface area contributed by atoms with Crippen molar-refractivity contribution in [2.75, 3.05) is 44.2 Å². The number of rotatable bonds is 22. The fourth-order valence-corrected chi connectivity index (χ4v) is 8.22. The number of thioether (sulfide) groups is 1. The Kier molecular flexibility index (Phi) is 18.1. The van der Waals surface area contributed by atoms with Crippen molar-refractivity contribution in [1.82, 2.24) is 30.7 Å². The molecular weight excluding hydrogens is 747 g/mol. The molecule has 1 aliphatic heterocycles. The van der Waals surface area contributed by atoms with Crippen LogP contribution in [-0.2, 0) is 25.7 Å². The van der Waals surface area contributed by atoms with Gasteiger partial charge in [-0.25, -0.2) is 8.78 Å². The lowest BCUT2D eigenvalue weighted by Crippen LogP contribution is -2.47. The number of carbonyl (C=O) groups excluding carboxylic acids is 4. The lowest BCUT2D eigenvalue weighted by molar-refractivity contribution is -0.134. The summed E-state index contributed by atoms with van der Waals surface area (Å²) in [6.45, 7) is 13.0. The monoisotopic (exact) mass is 808 g/mol. The predicted octanol–water partition coefficient (Wildman–Crippen LogP) is 6.84. The Morgan fingerprint density at radius 1 is 1.00 bits per heavy atom. The molecule has 4 N–H and O–H groups in total. The molecule has 1 saturated heterocycles. The molecule has 13 heteroatoms. The molecule has 0 saturated carbocycles. The van der Waals surface area contributed by atoms with E-state index in [0.717, 1.165) is 68.6 Å². The van der Waals surface area contributed by atoms with Gasteiger partial charge in [0.05, 0.1) is 11.8 Å². The molecule has 0 spiro atoms. The zero-order valence-electron chi connectivity index (χ0n) is 34.3. The molecule has 4 amide bonds. The summed E-state index contributed by atoms with van der Waals surface area (Å²) in [5.74, 6) is -0.952. The Morgan fingerprint density at radius 3 is 2.44 bits per heavy atom. The molecule has 10 nitrogen and oxygen atoms in total. The van der Waals surface area contributed by atoms with Gasteiger partial charge < -0.3 is 30.7 Å². The van der Waals surface area contributed by atoms with Crippen LogP contribution in [0, 0.1) is 23.0 Å². The highest BCUT2D eigenvalue weighted by molar-refractivity contribution is 7.99. The third-order valence-electron chi connectivity index (χ3n) is 10.2. The average molecular weight is 809 g/mol. The molecule has 2 heterocycles. The van der Waals surface area contributed by atoms with Crippen molar-refractivity contribution >= 4 is 35.4 Å². The molecule has 1 aliphatic rings. The third-order valence-corrected chi connectivity index (χ3v) is 11.1. The second kappa shape index (κ2) is 22.6. The molecule has 4 rings (SSSR count). The molecule has 1 fully saturated rings. The zero-order chi connectivity index (χ0) is 41.4. The van der Waals surface area contributed by atoms with Crippen LogP contribution in [0.4, 0.5) is 8.78 Å². The van der Waals surface area contributed by atoms with E-state index in [1.807, 2.05) is 47.5 Å². The number of hydrogen-bond donors (Lipinski definition) is 4. The fourth-order valence-electron chi connectivity index (χ4n) is 7.41. The number of hydrogen-bond acceptors (Lipinski definition) is 6. The first kappa shape index (κ1) is 45.5. The highest BCUT2D eigenvalue weighted by atomic mass is 32.2. The van der Waals surface area contributed by atoms with Crippen LogP contribution < -0.4 is 21.3 Å². The van der Waals surface area contributed by atoms with E-state index in [2.05, 4.69) is 53.5 Å². The highest BCUT2D eigenvalue weighted by Crippen LogP contribution is 2.42. The van der Waals surface area contributed by atoms with Gasteiger partial charge in [0.1, 0.15) is 17.7 Å². The van der Waals surface area contributed by atoms with Gasteiger partial charge in [-0.1, -0.05) is 83.7 Å². The number of amides is 4. The summed E-state index contributed by atoms with van der Waals surface area (Å²) in [6, 6.07) is 14.3. The third kappa shape index (κ3) is 14.6. The maximum atomic E-state index is 15.2. The van der Waals surface area contributed by atoms with E-state index in [-0.39, 0.29) is 60.4 Å². The van der Waals surface area contributed by atoms with Crippen LogP contribution in [0.15, 0.2) is 60.8 Å². The van der Waals surface area contributed by atoms with Gasteiger partial charge in [0, 0.05) is 68.3 Å². The van der Waals surface area contributed by atoms with E-state index in [1.165, 1.54) is 24.8 Å². The summed E-state index contributed by atoms with van der Waals surface area (Å²) in [5, 5.41) is 11.8. The van der Waals surface area contributed by atoms with Crippen molar-refractivity contribution in [3.8, 4) is 11.1 Å². The van der Waals surface area contributed by atoms with Gasteiger partial charge in [0.25, 0.3) is 0 Å². The van der Waals surface area contributed by atoms with Crippen molar-refractivity contribution in [2.24, 2.45) is 11.3 Å². The first-order valence-electron chi connectivity index (χ1n) is 20.4. The number of unbranched alkanes of at least 4 members (excludes halogenated alkanes) is 3. The lowest BCUT2D eigenvalue weighted by Gasteiger charge is -2.42. The molecule has 312 valence electrons. The Morgan fingerprint density at radius 2 is 1.75 bits per heavy atom. The van der Waals surface area contributed by atoms with Crippen molar-refractivity contribution in [2.45, 2.75) is 98.2 Å². The first-order valence-corrected chi connectivity index (χ1v) is 21.5. The van der Waals surface area contributed by atoms with Crippen LogP contribution >= 0.6 is 11.8 Å². The number of halogens is 2. The molecule has 2 aromatic carbocycles. The molecule has 0 radical (unpaired) electrons. The Bertz CT molecular complexity index is 1760. The van der Waals surface area contributed by atoms with E-state index in [9.17, 15) is 23.6 Å². The summed E-state index contributed by atoms with van der Waals surface area (Å²) in [5.41, 5.74) is 2.13. The molecule has 1 aromatic heterocycles. The number of nitrogens with one attached hydrogen (secondary N) is 4. The van der Waals surface area contributed by atoms with Crippen LogP contribution in [0.3, 0.4) is 0 Å². The summed E-state index contributed by atoms with van der Waals surface area (Å²) < 4.78 is 31.7. The van der Waals surface area contributed by atoms with Crippen molar-refractivity contribution in [1.29, 1.82) is 0 Å². The molecular formula is C44H62F2N6O4S. The maximum Gasteiger partial charge on any atom is 0.242 e. The Balaban J connectivity index is 1.43. The maximum absolute atomic E-state index is 15.2. The molecule has 1 unspecified atom stereocenters. The summed E-state index contributed by atoms with van der Waals surface area (Å²) >= 11 is 1.40. The summed E-state index contributed by atoms with van der Waals surface area (Å²) in [4.78, 5) is 53.4. The first-order chi connectivity index (χ1) is 27.3. The van der Waals surface area contributed by atoms with E-state index in [4.69, 9.17) is 0 Å². The smallest absolute Gasteiger partial charge is 0.242 e. The van der Waals surface area contributed by atoms with Crippen molar-refractivity contribution < 1.29 is 28.0 Å².